The number of hydrogen-bond donors (Lipinski definition) is 1. The van der Waals surface area contributed by atoms with E-state index in [9.17, 15) is 30.4 Å². The summed E-state index contributed by atoms with van der Waals surface area (Å²) in [5.74, 6) is -11.2. The molecular formula is C32H25F5N4O2S. The van der Waals surface area contributed by atoms with Crippen molar-refractivity contribution in [2.75, 3.05) is 5.32 Å². The number of nitrogens with one attached hydrogen (secondary N) is 1. The van der Waals surface area contributed by atoms with Gasteiger partial charge in [-0.15, -0.1) is 0 Å². The summed E-state index contributed by atoms with van der Waals surface area (Å²) < 4.78 is 98.1. The molecule has 0 atom stereocenters. The first-order chi connectivity index (χ1) is 21.0. The smallest absolute Gasteiger partial charge is 0.249 e. The standard InChI is InChI=1S/C32H25F5N4O2S/c1-18-4-2-5-19(12-18)15-38-32-24-14-22(8-11-25(24)39-17-40-32)21-7-3-6-20(13-21)16-41(23-9-10-23)44(42,43)31-29(36)27(34)26(33)28(35)30(31)37/h2-8,11-14,17,23H,9-10,15-16H2,1H3,(H,38,39,40). The first-order valence-electron chi connectivity index (χ1n) is 13.7. The maximum absolute atomic E-state index is 14.6. The van der Waals surface area contributed by atoms with Crippen LogP contribution >= 0.6 is 0 Å². The first-order valence-corrected chi connectivity index (χ1v) is 15.2. The molecule has 1 fully saturated rings. The van der Waals surface area contributed by atoms with Gasteiger partial charge in [-0.05, 0) is 60.2 Å². The molecule has 0 amide bonds. The molecule has 0 bridgehead atoms. The number of aromatic nitrogens is 2. The molecule has 0 radical (unpaired) electrons. The van der Waals surface area contributed by atoms with Crippen molar-refractivity contribution < 1.29 is 30.4 Å². The highest BCUT2D eigenvalue weighted by atomic mass is 32.2. The van der Waals surface area contributed by atoms with Gasteiger partial charge in [0.05, 0.1) is 5.52 Å². The van der Waals surface area contributed by atoms with Crippen molar-refractivity contribution in [1.29, 1.82) is 0 Å². The van der Waals surface area contributed by atoms with Crippen LogP contribution in [0.1, 0.15) is 29.5 Å². The van der Waals surface area contributed by atoms with Gasteiger partial charge in [-0.25, -0.2) is 40.3 Å². The quantitative estimate of drug-likeness (QED) is 0.106. The lowest BCUT2D eigenvalue weighted by Gasteiger charge is -2.23. The minimum Gasteiger partial charge on any atom is -0.365 e. The molecule has 6 nitrogen and oxygen atoms in total. The summed E-state index contributed by atoms with van der Waals surface area (Å²) in [6, 6.07) is 19.9. The Morgan fingerprint density at radius 2 is 1.45 bits per heavy atom. The Morgan fingerprint density at radius 3 is 2.16 bits per heavy atom. The van der Waals surface area contributed by atoms with Crippen LogP contribution in [0.25, 0.3) is 22.0 Å². The molecule has 0 saturated heterocycles. The monoisotopic (exact) mass is 624 g/mol. The van der Waals surface area contributed by atoms with Crippen LogP contribution < -0.4 is 5.32 Å². The summed E-state index contributed by atoms with van der Waals surface area (Å²) in [7, 11) is -5.09. The third kappa shape index (κ3) is 5.62. The van der Waals surface area contributed by atoms with E-state index in [1.54, 1.807) is 18.2 Å². The highest BCUT2D eigenvalue weighted by molar-refractivity contribution is 7.89. The normalized spacial score (nSPS) is 13.5. The topological polar surface area (TPSA) is 75.2 Å². The van der Waals surface area contributed by atoms with E-state index in [4.69, 9.17) is 0 Å². The maximum atomic E-state index is 14.6. The van der Waals surface area contributed by atoms with E-state index in [1.165, 1.54) is 6.33 Å². The Labute approximate surface area is 250 Å². The number of halogens is 5. The second-order valence-corrected chi connectivity index (χ2v) is 12.5. The number of hydrogen-bond acceptors (Lipinski definition) is 5. The van der Waals surface area contributed by atoms with Gasteiger partial charge in [0.1, 0.15) is 12.1 Å². The van der Waals surface area contributed by atoms with Crippen molar-refractivity contribution in [2.24, 2.45) is 0 Å². The molecule has 4 aromatic carbocycles. The average molecular weight is 625 g/mol. The number of sulfonamides is 1. The summed E-state index contributed by atoms with van der Waals surface area (Å²) in [4.78, 5) is 6.92. The molecule has 1 heterocycles. The molecule has 5 aromatic rings. The SMILES string of the molecule is Cc1cccc(CNc2ncnc3ccc(-c4cccc(CN(C5CC5)S(=O)(=O)c5c(F)c(F)c(F)c(F)c5F)c4)cc23)c1. The van der Waals surface area contributed by atoms with Crippen LogP contribution in [0.5, 0.6) is 0 Å². The number of nitrogens with zero attached hydrogens (tertiary/aromatic N) is 3. The van der Waals surface area contributed by atoms with E-state index in [0.717, 1.165) is 26.4 Å². The molecule has 12 heteroatoms. The zero-order valence-electron chi connectivity index (χ0n) is 23.3. The number of aryl methyl sites for hydroxylation is 1. The van der Waals surface area contributed by atoms with Gasteiger partial charge >= 0.3 is 0 Å². The lowest BCUT2D eigenvalue weighted by Crippen LogP contribution is -2.34. The molecule has 0 aliphatic heterocycles. The molecule has 0 spiro atoms. The second-order valence-electron chi connectivity index (χ2n) is 10.7. The zero-order valence-corrected chi connectivity index (χ0v) is 24.1. The van der Waals surface area contributed by atoms with E-state index < -0.39 is 50.0 Å². The van der Waals surface area contributed by atoms with Gasteiger partial charge in [-0.1, -0.05) is 54.1 Å². The Morgan fingerprint density at radius 1 is 0.795 bits per heavy atom. The summed E-state index contributed by atoms with van der Waals surface area (Å²) in [5.41, 5.74) is 4.88. The van der Waals surface area contributed by atoms with E-state index in [0.29, 0.717) is 41.8 Å². The lowest BCUT2D eigenvalue weighted by molar-refractivity contribution is 0.346. The van der Waals surface area contributed by atoms with Crippen LogP contribution in [-0.2, 0) is 23.1 Å². The molecule has 1 aliphatic rings. The summed E-state index contributed by atoms with van der Waals surface area (Å²) in [6.45, 7) is 2.23. The van der Waals surface area contributed by atoms with Gasteiger partial charge in [0.2, 0.25) is 15.8 Å². The third-order valence-electron chi connectivity index (χ3n) is 7.47. The highest BCUT2D eigenvalue weighted by Gasteiger charge is 2.43. The maximum Gasteiger partial charge on any atom is 0.249 e. The lowest BCUT2D eigenvalue weighted by atomic mass is 10.0. The zero-order chi connectivity index (χ0) is 31.2. The molecule has 6 rings (SSSR count). The molecular weight excluding hydrogens is 599 g/mol. The number of benzene rings is 4. The molecule has 1 N–H and O–H groups in total. The summed E-state index contributed by atoms with van der Waals surface area (Å²) in [6.07, 6.45) is 2.24. The van der Waals surface area contributed by atoms with Crippen molar-refractivity contribution in [2.45, 2.75) is 43.8 Å². The predicted molar refractivity (Wildman–Crippen MR) is 155 cm³/mol. The molecule has 44 heavy (non-hydrogen) atoms. The van der Waals surface area contributed by atoms with Gasteiger partial charge in [-0.2, -0.15) is 4.31 Å². The van der Waals surface area contributed by atoms with E-state index >= 15 is 0 Å². The van der Waals surface area contributed by atoms with Crippen molar-refractivity contribution >= 4 is 26.7 Å². The fraction of sp³-hybridized carbons (Fsp3) is 0.188. The molecule has 1 aromatic heterocycles. The average Bonchev–Trinajstić information content (AvgIpc) is 3.86. The van der Waals surface area contributed by atoms with Crippen molar-refractivity contribution in [3.63, 3.8) is 0 Å². The van der Waals surface area contributed by atoms with Gasteiger partial charge in [0.25, 0.3) is 0 Å². The molecule has 1 saturated carbocycles. The van der Waals surface area contributed by atoms with Crippen molar-refractivity contribution in [3.8, 4) is 11.1 Å². The molecule has 0 unspecified atom stereocenters. The van der Waals surface area contributed by atoms with Crippen LogP contribution in [0.4, 0.5) is 27.8 Å². The highest BCUT2D eigenvalue weighted by Crippen LogP contribution is 2.37. The fourth-order valence-electron chi connectivity index (χ4n) is 5.12. The predicted octanol–water partition coefficient (Wildman–Crippen LogP) is 7.27. The largest absolute Gasteiger partial charge is 0.365 e. The van der Waals surface area contributed by atoms with Crippen LogP contribution in [-0.4, -0.2) is 28.7 Å². The van der Waals surface area contributed by atoms with Gasteiger partial charge in [0, 0.05) is 24.5 Å². The summed E-state index contributed by atoms with van der Waals surface area (Å²) >= 11 is 0. The molecule has 1 aliphatic carbocycles. The molecule has 226 valence electrons. The Bertz CT molecular complexity index is 1990. The van der Waals surface area contributed by atoms with Crippen molar-refractivity contribution in [3.05, 3.63) is 119 Å². The minimum absolute atomic E-state index is 0.333. The Hall–Kier alpha value is -4.42. The minimum atomic E-state index is -5.09. The summed E-state index contributed by atoms with van der Waals surface area (Å²) in [5, 5.41) is 4.12. The van der Waals surface area contributed by atoms with Crippen molar-refractivity contribution in [1.82, 2.24) is 14.3 Å². The third-order valence-corrected chi connectivity index (χ3v) is 9.39. The van der Waals surface area contributed by atoms with Gasteiger partial charge < -0.3 is 5.32 Å². The fourth-order valence-corrected chi connectivity index (χ4v) is 6.90. The van der Waals surface area contributed by atoms with Crippen LogP contribution in [0.2, 0.25) is 0 Å². The van der Waals surface area contributed by atoms with Gasteiger partial charge in [-0.3, -0.25) is 0 Å². The van der Waals surface area contributed by atoms with Crippen LogP contribution in [0.15, 0.2) is 78.0 Å². The second kappa shape index (κ2) is 11.6. The van der Waals surface area contributed by atoms with E-state index in [-0.39, 0.29) is 6.54 Å². The Kier molecular flexibility index (Phi) is 7.80. The number of fused-ring (bicyclic) bond motifs is 1. The van der Waals surface area contributed by atoms with E-state index in [1.807, 2.05) is 49.4 Å². The number of anilines is 1. The van der Waals surface area contributed by atoms with Gasteiger partial charge in [0.15, 0.2) is 28.2 Å². The number of rotatable bonds is 9. The van der Waals surface area contributed by atoms with Crippen LogP contribution in [0.3, 0.4) is 0 Å². The Balaban J connectivity index is 1.31. The van der Waals surface area contributed by atoms with E-state index in [2.05, 4.69) is 21.4 Å². The van der Waals surface area contributed by atoms with Crippen LogP contribution in [0, 0.1) is 36.0 Å². The first kappa shape index (κ1) is 29.6.